The molecule has 20 heavy (non-hydrogen) atoms. The van der Waals surface area contributed by atoms with Gasteiger partial charge in [-0.1, -0.05) is 25.3 Å². The highest BCUT2D eigenvalue weighted by atomic mass is 16.5. The van der Waals surface area contributed by atoms with Gasteiger partial charge in [0.2, 0.25) is 0 Å². The summed E-state index contributed by atoms with van der Waals surface area (Å²) in [4.78, 5) is 11.6. The average Bonchev–Trinajstić information content (AvgIpc) is 2.44. The second-order valence-electron chi connectivity index (χ2n) is 4.30. The van der Waals surface area contributed by atoms with Gasteiger partial charge in [0.15, 0.2) is 0 Å². The molecular weight excluding hydrogens is 256 g/mol. The Bertz CT molecular complexity index is 468. The highest BCUT2D eigenvalue weighted by Gasteiger charge is 2.06. The van der Waals surface area contributed by atoms with Gasteiger partial charge in [0.05, 0.1) is 6.10 Å². The number of urea groups is 1. The van der Waals surface area contributed by atoms with E-state index in [1.165, 1.54) is 0 Å². The van der Waals surface area contributed by atoms with Gasteiger partial charge in [-0.25, -0.2) is 4.79 Å². The third kappa shape index (κ3) is 6.12. The van der Waals surface area contributed by atoms with Crippen molar-refractivity contribution in [2.24, 2.45) is 0 Å². The van der Waals surface area contributed by atoms with Crippen molar-refractivity contribution in [2.75, 3.05) is 18.5 Å². The topological polar surface area (TPSA) is 70.6 Å². The zero-order valence-corrected chi connectivity index (χ0v) is 11.6. The number of aliphatic hydroxyl groups excluding tert-OH is 1. The molecule has 0 radical (unpaired) electrons. The number of aliphatic hydroxyl groups is 1. The van der Waals surface area contributed by atoms with Crippen LogP contribution in [0.1, 0.15) is 19.8 Å². The Labute approximate surface area is 119 Å². The molecule has 5 heteroatoms. The Morgan fingerprint density at radius 1 is 1.55 bits per heavy atom. The van der Waals surface area contributed by atoms with Gasteiger partial charge in [-0.05, 0) is 18.6 Å². The van der Waals surface area contributed by atoms with Crippen molar-refractivity contribution in [1.82, 2.24) is 5.32 Å². The number of hydrogen-bond acceptors (Lipinski definition) is 3. The molecule has 0 bridgehead atoms. The summed E-state index contributed by atoms with van der Waals surface area (Å²) >= 11 is 0. The Morgan fingerprint density at radius 3 is 3.05 bits per heavy atom. The fourth-order valence-corrected chi connectivity index (χ4v) is 1.61. The number of benzene rings is 1. The number of terminal acetylenes is 1. The van der Waals surface area contributed by atoms with E-state index in [0.717, 1.165) is 6.42 Å². The lowest BCUT2D eigenvalue weighted by molar-refractivity contribution is 0.162. The third-order valence-electron chi connectivity index (χ3n) is 2.53. The highest BCUT2D eigenvalue weighted by Crippen LogP contribution is 2.17. The lowest BCUT2D eigenvalue weighted by atomic mass is 10.2. The van der Waals surface area contributed by atoms with E-state index < -0.39 is 6.10 Å². The predicted molar refractivity (Wildman–Crippen MR) is 78.7 cm³/mol. The third-order valence-corrected chi connectivity index (χ3v) is 2.53. The largest absolute Gasteiger partial charge is 0.481 e. The molecule has 0 saturated heterocycles. The first-order valence-electron chi connectivity index (χ1n) is 6.55. The molecule has 5 nitrogen and oxygen atoms in total. The Hall–Kier alpha value is -2.19. The molecule has 1 unspecified atom stereocenters. The molecule has 0 aliphatic heterocycles. The van der Waals surface area contributed by atoms with Crippen LogP contribution >= 0.6 is 0 Å². The molecule has 108 valence electrons. The molecule has 0 aliphatic carbocycles. The van der Waals surface area contributed by atoms with Crippen LogP contribution in [-0.2, 0) is 0 Å². The van der Waals surface area contributed by atoms with Crippen molar-refractivity contribution < 1.29 is 14.6 Å². The second kappa shape index (κ2) is 8.83. The second-order valence-corrected chi connectivity index (χ2v) is 4.30. The molecule has 0 spiro atoms. The number of carbonyl (C=O) groups excluding carboxylic acids is 1. The van der Waals surface area contributed by atoms with Crippen molar-refractivity contribution in [2.45, 2.75) is 25.9 Å². The maximum absolute atomic E-state index is 11.6. The van der Waals surface area contributed by atoms with Crippen LogP contribution in [0.25, 0.3) is 0 Å². The molecule has 0 aromatic heterocycles. The number of anilines is 1. The van der Waals surface area contributed by atoms with Crippen LogP contribution in [0.4, 0.5) is 10.5 Å². The summed E-state index contributed by atoms with van der Waals surface area (Å²) in [7, 11) is 0. The predicted octanol–water partition coefficient (Wildman–Crippen LogP) is 1.98. The summed E-state index contributed by atoms with van der Waals surface area (Å²) in [5.41, 5.74) is 0.599. The van der Waals surface area contributed by atoms with Crippen LogP contribution in [0, 0.1) is 12.3 Å². The Balaban J connectivity index is 2.43. The maximum atomic E-state index is 11.6. The molecule has 0 heterocycles. The SMILES string of the molecule is C#CCOc1cccc(NC(=O)NCC(O)CCC)c1. The minimum Gasteiger partial charge on any atom is -0.481 e. The van der Waals surface area contributed by atoms with Gasteiger partial charge in [0, 0.05) is 18.3 Å². The zero-order valence-electron chi connectivity index (χ0n) is 11.6. The van der Waals surface area contributed by atoms with Gasteiger partial charge in [-0.2, -0.15) is 0 Å². The van der Waals surface area contributed by atoms with E-state index in [1.807, 2.05) is 6.92 Å². The van der Waals surface area contributed by atoms with E-state index in [0.29, 0.717) is 17.9 Å². The van der Waals surface area contributed by atoms with E-state index in [9.17, 15) is 9.90 Å². The first-order chi connectivity index (χ1) is 9.65. The minimum absolute atomic E-state index is 0.179. The minimum atomic E-state index is -0.518. The molecule has 2 amide bonds. The first kappa shape index (κ1) is 15.9. The monoisotopic (exact) mass is 276 g/mol. The summed E-state index contributed by atoms with van der Waals surface area (Å²) in [5, 5.41) is 14.8. The van der Waals surface area contributed by atoms with Crippen LogP contribution < -0.4 is 15.4 Å². The summed E-state index contributed by atoms with van der Waals surface area (Å²) in [6.45, 7) is 2.39. The van der Waals surface area contributed by atoms with Gasteiger partial charge >= 0.3 is 6.03 Å². The standard InChI is InChI=1S/C15H20N2O3/c1-3-6-13(18)11-16-15(19)17-12-7-5-8-14(10-12)20-9-4-2/h2,5,7-8,10,13,18H,3,6,9,11H2,1H3,(H2,16,17,19). The van der Waals surface area contributed by atoms with Crippen LogP contribution in [0.15, 0.2) is 24.3 Å². The molecule has 1 rings (SSSR count). The number of carbonyl (C=O) groups is 1. The van der Waals surface area contributed by atoms with Gasteiger partial charge in [0.1, 0.15) is 12.4 Å². The number of ether oxygens (including phenoxy) is 1. The van der Waals surface area contributed by atoms with Gasteiger partial charge in [-0.3, -0.25) is 0 Å². The lowest BCUT2D eigenvalue weighted by Crippen LogP contribution is -2.35. The van der Waals surface area contributed by atoms with Crippen molar-refractivity contribution in [3.8, 4) is 18.1 Å². The fraction of sp³-hybridized carbons (Fsp3) is 0.400. The quantitative estimate of drug-likeness (QED) is 0.667. The molecule has 0 fully saturated rings. The zero-order chi connectivity index (χ0) is 14.8. The maximum Gasteiger partial charge on any atom is 0.319 e. The van der Waals surface area contributed by atoms with Crippen molar-refractivity contribution in [3.63, 3.8) is 0 Å². The Morgan fingerprint density at radius 2 is 2.35 bits per heavy atom. The van der Waals surface area contributed by atoms with Gasteiger partial charge in [0.25, 0.3) is 0 Å². The molecule has 3 N–H and O–H groups in total. The molecule has 1 aromatic rings. The number of rotatable bonds is 7. The average molecular weight is 276 g/mol. The first-order valence-corrected chi connectivity index (χ1v) is 6.55. The van der Waals surface area contributed by atoms with Crippen molar-refractivity contribution in [3.05, 3.63) is 24.3 Å². The van der Waals surface area contributed by atoms with Crippen LogP contribution in [-0.4, -0.2) is 30.4 Å². The number of hydrogen-bond donors (Lipinski definition) is 3. The van der Waals surface area contributed by atoms with E-state index in [-0.39, 0.29) is 19.2 Å². The van der Waals surface area contributed by atoms with Crippen molar-refractivity contribution in [1.29, 1.82) is 0 Å². The smallest absolute Gasteiger partial charge is 0.319 e. The molecular formula is C15H20N2O3. The fourth-order valence-electron chi connectivity index (χ4n) is 1.61. The normalized spacial score (nSPS) is 11.2. The van der Waals surface area contributed by atoms with Crippen LogP contribution in [0.5, 0.6) is 5.75 Å². The van der Waals surface area contributed by atoms with Crippen molar-refractivity contribution >= 4 is 11.7 Å². The van der Waals surface area contributed by atoms with Gasteiger partial charge < -0.3 is 20.5 Å². The molecule has 0 saturated carbocycles. The summed E-state index contributed by atoms with van der Waals surface area (Å²) in [6, 6.07) is 6.57. The van der Waals surface area contributed by atoms with E-state index in [1.54, 1.807) is 24.3 Å². The summed E-state index contributed by atoms with van der Waals surface area (Å²) in [6.07, 6.45) is 6.13. The van der Waals surface area contributed by atoms with E-state index in [4.69, 9.17) is 11.2 Å². The van der Waals surface area contributed by atoms with Crippen LogP contribution in [0.2, 0.25) is 0 Å². The number of nitrogens with one attached hydrogen (secondary N) is 2. The summed E-state index contributed by atoms with van der Waals surface area (Å²) in [5.74, 6) is 2.96. The lowest BCUT2D eigenvalue weighted by Gasteiger charge is -2.12. The molecule has 0 aliphatic rings. The molecule has 1 atom stereocenters. The van der Waals surface area contributed by atoms with E-state index in [2.05, 4.69) is 16.6 Å². The Kier molecular flexibility index (Phi) is 7.01. The molecule has 1 aromatic carbocycles. The van der Waals surface area contributed by atoms with Gasteiger partial charge in [-0.15, -0.1) is 6.42 Å². The summed E-state index contributed by atoms with van der Waals surface area (Å²) < 4.78 is 5.26. The highest BCUT2D eigenvalue weighted by molar-refractivity contribution is 5.89. The van der Waals surface area contributed by atoms with Crippen LogP contribution in [0.3, 0.4) is 0 Å². The number of amides is 2. The van der Waals surface area contributed by atoms with E-state index >= 15 is 0 Å².